The zero-order valence-electron chi connectivity index (χ0n) is 17.2. The third-order valence-electron chi connectivity index (χ3n) is 3.94. The Morgan fingerprint density at radius 3 is 2.27 bits per heavy atom. The van der Waals surface area contributed by atoms with E-state index in [2.05, 4.69) is 10.6 Å². The second-order valence-electron chi connectivity index (χ2n) is 6.40. The number of benzene rings is 2. The molecule has 0 fully saturated rings. The molecule has 8 heteroatoms. The normalized spacial score (nSPS) is 11.5. The van der Waals surface area contributed by atoms with Crippen LogP contribution in [-0.2, 0) is 9.53 Å². The number of aliphatic hydroxyl groups excluding tert-OH is 1. The number of carbonyl (C=O) groups excluding carboxylic acids is 1. The SMILES string of the molecule is COCCNC(=O)COc1ccc(OC[C@H](O)NCCCOc2ccccc2)cc1. The molecule has 0 aliphatic carbocycles. The van der Waals surface area contributed by atoms with E-state index >= 15 is 0 Å². The Hall–Kier alpha value is -2.81. The van der Waals surface area contributed by atoms with E-state index in [1.165, 1.54) is 0 Å². The van der Waals surface area contributed by atoms with Crippen molar-refractivity contribution < 1.29 is 28.8 Å². The number of rotatable bonds is 15. The Bertz CT molecular complexity index is 711. The van der Waals surface area contributed by atoms with Gasteiger partial charge in [-0.25, -0.2) is 0 Å². The van der Waals surface area contributed by atoms with E-state index in [-0.39, 0.29) is 19.1 Å². The fourth-order valence-corrected chi connectivity index (χ4v) is 2.41. The van der Waals surface area contributed by atoms with E-state index in [4.69, 9.17) is 18.9 Å². The predicted octanol–water partition coefficient (Wildman–Crippen LogP) is 1.58. The van der Waals surface area contributed by atoms with Gasteiger partial charge in [0.25, 0.3) is 5.91 Å². The van der Waals surface area contributed by atoms with Crippen LogP contribution >= 0.6 is 0 Å². The van der Waals surface area contributed by atoms with Crippen LogP contribution in [0.1, 0.15) is 6.42 Å². The Kier molecular flexibility index (Phi) is 11.1. The largest absolute Gasteiger partial charge is 0.494 e. The van der Waals surface area contributed by atoms with Gasteiger partial charge in [0.05, 0.1) is 13.2 Å². The van der Waals surface area contributed by atoms with Crippen molar-refractivity contribution in [1.82, 2.24) is 10.6 Å². The topological polar surface area (TPSA) is 98.3 Å². The molecule has 2 aromatic carbocycles. The van der Waals surface area contributed by atoms with E-state index in [1.807, 2.05) is 30.3 Å². The lowest BCUT2D eigenvalue weighted by molar-refractivity contribution is -0.123. The fraction of sp³-hybridized carbons (Fsp3) is 0.409. The fourth-order valence-electron chi connectivity index (χ4n) is 2.41. The minimum Gasteiger partial charge on any atom is -0.494 e. The van der Waals surface area contributed by atoms with Gasteiger partial charge in [-0.1, -0.05) is 18.2 Å². The number of nitrogens with one attached hydrogen (secondary N) is 2. The van der Waals surface area contributed by atoms with Crippen LogP contribution in [0.15, 0.2) is 54.6 Å². The number of hydrogen-bond donors (Lipinski definition) is 3. The molecule has 0 aliphatic heterocycles. The van der Waals surface area contributed by atoms with Crippen LogP contribution in [0.4, 0.5) is 0 Å². The van der Waals surface area contributed by atoms with Gasteiger partial charge in [0, 0.05) is 20.2 Å². The van der Waals surface area contributed by atoms with Gasteiger partial charge in [0.15, 0.2) is 6.61 Å². The summed E-state index contributed by atoms with van der Waals surface area (Å²) in [5.41, 5.74) is 0. The average Bonchev–Trinajstić information content (AvgIpc) is 2.77. The van der Waals surface area contributed by atoms with Gasteiger partial charge in [0.2, 0.25) is 0 Å². The van der Waals surface area contributed by atoms with Crippen LogP contribution in [0.3, 0.4) is 0 Å². The molecule has 0 saturated heterocycles. The Balaban J connectivity index is 1.55. The molecule has 1 atom stereocenters. The number of methoxy groups -OCH3 is 1. The predicted molar refractivity (Wildman–Crippen MR) is 113 cm³/mol. The Labute approximate surface area is 177 Å². The van der Waals surface area contributed by atoms with Gasteiger partial charge in [-0.3, -0.25) is 10.1 Å². The highest BCUT2D eigenvalue weighted by Gasteiger charge is 2.06. The van der Waals surface area contributed by atoms with Crippen molar-refractivity contribution in [1.29, 1.82) is 0 Å². The summed E-state index contributed by atoms with van der Waals surface area (Å²) in [6.45, 7) is 2.12. The number of ether oxygens (including phenoxy) is 4. The van der Waals surface area contributed by atoms with Crippen molar-refractivity contribution in [3.05, 3.63) is 54.6 Å². The van der Waals surface area contributed by atoms with Crippen LogP contribution in [0.25, 0.3) is 0 Å². The summed E-state index contributed by atoms with van der Waals surface area (Å²) in [6, 6.07) is 16.5. The van der Waals surface area contributed by atoms with Gasteiger partial charge >= 0.3 is 0 Å². The lowest BCUT2D eigenvalue weighted by Gasteiger charge is -2.14. The third kappa shape index (κ3) is 10.1. The van der Waals surface area contributed by atoms with E-state index in [1.54, 1.807) is 31.4 Å². The van der Waals surface area contributed by atoms with Crippen molar-refractivity contribution in [2.24, 2.45) is 0 Å². The highest BCUT2D eigenvalue weighted by molar-refractivity contribution is 5.77. The summed E-state index contributed by atoms with van der Waals surface area (Å²) in [7, 11) is 1.57. The minimum absolute atomic E-state index is 0.0689. The molecular formula is C22H30N2O6. The summed E-state index contributed by atoms with van der Waals surface area (Å²) in [6.07, 6.45) is -0.0229. The average molecular weight is 418 g/mol. The number of aliphatic hydroxyl groups is 1. The monoisotopic (exact) mass is 418 g/mol. The molecule has 2 rings (SSSR count). The molecule has 8 nitrogen and oxygen atoms in total. The maximum atomic E-state index is 11.6. The lowest BCUT2D eigenvalue weighted by Crippen LogP contribution is -2.35. The summed E-state index contributed by atoms with van der Waals surface area (Å²) in [5, 5.41) is 15.6. The highest BCUT2D eigenvalue weighted by atomic mass is 16.5. The van der Waals surface area contributed by atoms with Crippen LogP contribution in [0.5, 0.6) is 17.2 Å². The summed E-state index contributed by atoms with van der Waals surface area (Å²) >= 11 is 0. The molecule has 0 unspecified atom stereocenters. The second kappa shape index (κ2) is 14.2. The molecule has 3 N–H and O–H groups in total. The molecule has 0 aromatic heterocycles. The van der Waals surface area contributed by atoms with Gasteiger partial charge in [-0.15, -0.1) is 0 Å². The zero-order chi connectivity index (χ0) is 21.4. The molecule has 1 amide bonds. The van der Waals surface area contributed by atoms with E-state index < -0.39 is 6.23 Å². The molecule has 0 heterocycles. The first kappa shape index (κ1) is 23.5. The number of para-hydroxylation sites is 1. The summed E-state index contributed by atoms with van der Waals surface area (Å²) in [4.78, 5) is 11.6. The quantitative estimate of drug-likeness (QED) is 0.298. The van der Waals surface area contributed by atoms with Gasteiger partial charge in [0.1, 0.15) is 30.1 Å². The van der Waals surface area contributed by atoms with Crippen molar-refractivity contribution in [3.63, 3.8) is 0 Å². The molecule has 0 radical (unpaired) electrons. The van der Waals surface area contributed by atoms with Gasteiger partial charge in [-0.05, 0) is 42.8 Å². The maximum absolute atomic E-state index is 11.6. The number of hydrogen-bond acceptors (Lipinski definition) is 7. The first-order valence-corrected chi connectivity index (χ1v) is 9.88. The highest BCUT2D eigenvalue weighted by Crippen LogP contribution is 2.17. The minimum atomic E-state index is -0.784. The second-order valence-corrected chi connectivity index (χ2v) is 6.40. The lowest BCUT2D eigenvalue weighted by atomic mass is 10.3. The van der Waals surface area contributed by atoms with Gasteiger partial charge in [-0.2, -0.15) is 0 Å². The molecule has 0 spiro atoms. The van der Waals surface area contributed by atoms with Crippen molar-refractivity contribution in [2.75, 3.05) is 46.6 Å². The van der Waals surface area contributed by atoms with Crippen LogP contribution in [-0.4, -0.2) is 63.9 Å². The first-order valence-electron chi connectivity index (χ1n) is 9.88. The molecule has 2 aromatic rings. The zero-order valence-corrected chi connectivity index (χ0v) is 17.2. The molecule has 0 aliphatic rings. The molecular weight excluding hydrogens is 388 g/mol. The van der Waals surface area contributed by atoms with Crippen molar-refractivity contribution in [2.45, 2.75) is 12.6 Å². The summed E-state index contributed by atoms with van der Waals surface area (Å²) in [5.74, 6) is 1.78. The molecule has 0 bridgehead atoms. The third-order valence-corrected chi connectivity index (χ3v) is 3.94. The molecule has 164 valence electrons. The van der Waals surface area contributed by atoms with Gasteiger partial charge < -0.3 is 29.4 Å². The molecule has 0 saturated carbocycles. The van der Waals surface area contributed by atoms with Crippen molar-refractivity contribution >= 4 is 5.91 Å². The smallest absolute Gasteiger partial charge is 0.258 e. The summed E-state index contributed by atoms with van der Waals surface area (Å²) < 4.78 is 21.4. The number of carbonyl (C=O) groups is 1. The maximum Gasteiger partial charge on any atom is 0.258 e. The Morgan fingerprint density at radius 1 is 0.900 bits per heavy atom. The Morgan fingerprint density at radius 2 is 1.57 bits per heavy atom. The standard InChI is InChI=1S/C22H30N2O6/c1-27-15-13-24-22(26)17-30-20-10-8-19(9-11-20)29-16-21(25)23-12-5-14-28-18-6-3-2-4-7-18/h2-4,6-11,21,23,25H,5,12-17H2,1H3,(H,24,26)/t21-/m0/s1. The van der Waals surface area contributed by atoms with Crippen LogP contribution in [0.2, 0.25) is 0 Å². The van der Waals surface area contributed by atoms with Crippen LogP contribution < -0.4 is 24.8 Å². The van der Waals surface area contributed by atoms with Crippen molar-refractivity contribution in [3.8, 4) is 17.2 Å². The van der Waals surface area contributed by atoms with Crippen LogP contribution in [0, 0.1) is 0 Å². The van der Waals surface area contributed by atoms with E-state index in [0.717, 1.165) is 12.2 Å². The van der Waals surface area contributed by atoms with E-state index in [0.29, 0.717) is 37.8 Å². The number of amides is 1. The first-order chi connectivity index (χ1) is 14.7. The van der Waals surface area contributed by atoms with E-state index in [9.17, 15) is 9.90 Å². The molecule has 30 heavy (non-hydrogen) atoms.